The van der Waals surface area contributed by atoms with E-state index in [0.717, 1.165) is 52.0 Å². The molecule has 2 fully saturated rings. The van der Waals surface area contributed by atoms with Crippen molar-refractivity contribution in [1.82, 2.24) is 15.1 Å². The van der Waals surface area contributed by atoms with Crippen molar-refractivity contribution >= 4 is 5.91 Å². The van der Waals surface area contributed by atoms with E-state index in [2.05, 4.69) is 24.1 Å². The predicted octanol–water partition coefficient (Wildman–Crippen LogP) is 0.944. The molecule has 0 aromatic heterocycles. The minimum Gasteiger partial charge on any atom is -0.377 e. The number of piperidine rings is 1. The maximum atomic E-state index is 12.3. The third-order valence-corrected chi connectivity index (χ3v) is 4.95. The number of rotatable bonds is 6. The fourth-order valence-electron chi connectivity index (χ4n) is 3.54. The zero-order valence-corrected chi connectivity index (χ0v) is 13.8. The summed E-state index contributed by atoms with van der Waals surface area (Å²) in [5.74, 6) is 0.751. The van der Waals surface area contributed by atoms with E-state index in [-0.39, 0.29) is 5.91 Å². The maximum Gasteiger partial charge on any atom is 0.236 e. The average molecular weight is 297 g/mol. The molecule has 5 heteroatoms. The minimum atomic E-state index is 0.204. The molecule has 0 spiro atoms. The molecule has 0 aliphatic carbocycles. The SMILES string of the molecule is CCN1CC[C@H](N(C)C(=O)CNC[C@H]2CCCO2)[C@@H](C)C1. The van der Waals surface area contributed by atoms with Gasteiger partial charge in [0.15, 0.2) is 0 Å². The van der Waals surface area contributed by atoms with Crippen LogP contribution in [0.5, 0.6) is 0 Å². The first-order chi connectivity index (χ1) is 10.1. The summed E-state index contributed by atoms with van der Waals surface area (Å²) >= 11 is 0. The lowest BCUT2D eigenvalue weighted by Gasteiger charge is -2.41. The Bertz CT molecular complexity index is 331. The molecule has 1 amide bonds. The van der Waals surface area contributed by atoms with Crippen LogP contribution in [0.15, 0.2) is 0 Å². The van der Waals surface area contributed by atoms with E-state index < -0.39 is 0 Å². The molecule has 2 heterocycles. The number of hydrogen-bond donors (Lipinski definition) is 1. The Balaban J connectivity index is 1.71. The Kier molecular flexibility index (Phi) is 6.45. The van der Waals surface area contributed by atoms with Crippen molar-refractivity contribution in [3.8, 4) is 0 Å². The summed E-state index contributed by atoms with van der Waals surface area (Å²) in [6.07, 6.45) is 3.65. The molecule has 122 valence electrons. The third kappa shape index (κ3) is 4.66. The Hall–Kier alpha value is -0.650. The maximum absolute atomic E-state index is 12.3. The highest BCUT2D eigenvalue weighted by Gasteiger charge is 2.30. The highest BCUT2D eigenvalue weighted by Crippen LogP contribution is 2.21. The third-order valence-electron chi connectivity index (χ3n) is 4.95. The van der Waals surface area contributed by atoms with Gasteiger partial charge >= 0.3 is 0 Å². The van der Waals surface area contributed by atoms with E-state index in [1.54, 1.807) is 0 Å². The highest BCUT2D eigenvalue weighted by atomic mass is 16.5. The number of ether oxygens (including phenoxy) is 1. The molecular formula is C16H31N3O2. The quantitative estimate of drug-likeness (QED) is 0.793. The number of carbonyl (C=O) groups excluding carboxylic acids is 1. The second-order valence-electron chi connectivity index (χ2n) is 6.50. The van der Waals surface area contributed by atoms with Crippen LogP contribution in [0, 0.1) is 5.92 Å². The van der Waals surface area contributed by atoms with Gasteiger partial charge in [-0.25, -0.2) is 0 Å². The van der Waals surface area contributed by atoms with E-state index in [1.165, 1.54) is 0 Å². The summed E-state index contributed by atoms with van der Waals surface area (Å²) in [6, 6.07) is 0.379. The van der Waals surface area contributed by atoms with E-state index in [0.29, 0.717) is 24.6 Å². The second-order valence-corrected chi connectivity index (χ2v) is 6.50. The number of amides is 1. The van der Waals surface area contributed by atoms with Gasteiger partial charge in [0.2, 0.25) is 5.91 Å². The molecule has 0 saturated carbocycles. The molecule has 0 aromatic rings. The number of nitrogens with zero attached hydrogens (tertiary/aromatic N) is 2. The Labute approximate surface area is 129 Å². The zero-order valence-electron chi connectivity index (χ0n) is 13.8. The molecule has 2 aliphatic rings. The van der Waals surface area contributed by atoms with Crippen LogP contribution in [0.4, 0.5) is 0 Å². The van der Waals surface area contributed by atoms with E-state index in [1.807, 2.05) is 11.9 Å². The standard InChI is InChI=1S/C16H31N3O2/c1-4-19-8-7-15(13(2)12-19)18(3)16(20)11-17-10-14-6-5-9-21-14/h13-15,17H,4-12H2,1-3H3/t13-,14+,15-/m0/s1. The second kappa shape index (κ2) is 8.11. The largest absolute Gasteiger partial charge is 0.377 e. The lowest BCUT2D eigenvalue weighted by atomic mass is 9.92. The first-order valence-corrected chi connectivity index (χ1v) is 8.42. The van der Waals surface area contributed by atoms with Gasteiger partial charge in [-0.2, -0.15) is 0 Å². The normalized spacial score (nSPS) is 30.5. The molecule has 21 heavy (non-hydrogen) atoms. The van der Waals surface area contributed by atoms with Crippen molar-refractivity contribution < 1.29 is 9.53 Å². The van der Waals surface area contributed by atoms with E-state index in [9.17, 15) is 4.79 Å². The number of carbonyl (C=O) groups is 1. The van der Waals surface area contributed by atoms with Gasteiger partial charge in [-0.05, 0) is 31.7 Å². The van der Waals surface area contributed by atoms with Crippen LogP contribution in [0.25, 0.3) is 0 Å². The van der Waals surface area contributed by atoms with Gasteiger partial charge in [-0.1, -0.05) is 13.8 Å². The summed E-state index contributed by atoms with van der Waals surface area (Å²) < 4.78 is 5.56. The van der Waals surface area contributed by atoms with Crippen molar-refractivity contribution in [1.29, 1.82) is 0 Å². The van der Waals surface area contributed by atoms with Gasteiger partial charge in [0, 0.05) is 39.3 Å². The van der Waals surface area contributed by atoms with Crippen LogP contribution >= 0.6 is 0 Å². The summed E-state index contributed by atoms with van der Waals surface area (Å²) in [4.78, 5) is 16.7. The van der Waals surface area contributed by atoms with E-state index >= 15 is 0 Å². The zero-order chi connectivity index (χ0) is 15.2. The van der Waals surface area contributed by atoms with E-state index in [4.69, 9.17) is 4.74 Å². The fraction of sp³-hybridized carbons (Fsp3) is 0.938. The molecule has 3 atom stereocenters. The topological polar surface area (TPSA) is 44.8 Å². The number of likely N-dealkylation sites (N-methyl/N-ethyl adjacent to an activating group) is 1. The van der Waals surface area contributed by atoms with Crippen molar-refractivity contribution in [2.45, 2.75) is 45.3 Å². The predicted molar refractivity (Wildman–Crippen MR) is 84.3 cm³/mol. The number of likely N-dealkylation sites (tertiary alicyclic amines) is 1. The molecular weight excluding hydrogens is 266 g/mol. The monoisotopic (exact) mass is 297 g/mol. The van der Waals surface area contributed by atoms with Crippen LogP contribution < -0.4 is 5.32 Å². The molecule has 2 aliphatic heterocycles. The van der Waals surface area contributed by atoms with Crippen molar-refractivity contribution in [2.24, 2.45) is 5.92 Å². The number of nitrogens with one attached hydrogen (secondary N) is 1. The average Bonchev–Trinajstić information content (AvgIpc) is 2.99. The molecule has 5 nitrogen and oxygen atoms in total. The molecule has 2 saturated heterocycles. The van der Waals surface area contributed by atoms with Crippen molar-refractivity contribution in [3.63, 3.8) is 0 Å². The van der Waals surface area contributed by atoms with Crippen molar-refractivity contribution in [3.05, 3.63) is 0 Å². The van der Waals surface area contributed by atoms with Crippen LogP contribution in [0.3, 0.4) is 0 Å². The van der Waals surface area contributed by atoms with Gasteiger partial charge in [-0.3, -0.25) is 4.79 Å². The van der Waals surface area contributed by atoms with Gasteiger partial charge < -0.3 is 19.9 Å². The lowest BCUT2D eigenvalue weighted by Crippen LogP contribution is -2.52. The smallest absolute Gasteiger partial charge is 0.236 e. The Morgan fingerprint density at radius 1 is 1.43 bits per heavy atom. The Morgan fingerprint density at radius 2 is 2.24 bits per heavy atom. The molecule has 0 radical (unpaired) electrons. The van der Waals surface area contributed by atoms with Crippen LogP contribution in [-0.2, 0) is 9.53 Å². The van der Waals surface area contributed by atoms with Gasteiger partial charge in [0.1, 0.15) is 0 Å². The van der Waals surface area contributed by atoms with Gasteiger partial charge in [0.05, 0.1) is 12.6 Å². The first kappa shape index (κ1) is 16.7. The summed E-state index contributed by atoms with van der Waals surface area (Å²) in [5, 5.41) is 3.26. The Morgan fingerprint density at radius 3 is 2.86 bits per heavy atom. The first-order valence-electron chi connectivity index (χ1n) is 8.42. The molecule has 1 N–H and O–H groups in total. The number of hydrogen-bond acceptors (Lipinski definition) is 4. The minimum absolute atomic E-state index is 0.204. The molecule has 0 bridgehead atoms. The van der Waals surface area contributed by atoms with Gasteiger partial charge in [-0.15, -0.1) is 0 Å². The molecule has 2 rings (SSSR count). The van der Waals surface area contributed by atoms with Crippen LogP contribution in [-0.4, -0.2) is 74.2 Å². The van der Waals surface area contributed by atoms with Crippen molar-refractivity contribution in [2.75, 3.05) is 46.4 Å². The van der Waals surface area contributed by atoms with Crippen LogP contribution in [0.2, 0.25) is 0 Å². The lowest BCUT2D eigenvalue weighted by molar-refractivity contribution is -0.133. The fourth-order valence-corrected chi connectivity index (χ4v) is 3.54. The summed E-state index contributed by atoms with van der Waals surface area (Å²) in [5.41, 5.74) is 0. The molecule has 0 unspecified atom stereocenters. The van der Waals surface area contributed by atoms with Crippen LogP contribution in [0.1, 0.15) is 33.1 Å². The summed E-state index contributed by atoms with van der Waals surface area (Å²) in [6.45, 7) is 9.87. The highest BCUT2D eigenvalue weighted by molar-refractivity contribution is 5.78. The molecule has 0 aromatic carbocycles. The van der Waals surface area contributed by atoms with Gasteiger partial charge in [0.25, 0.3) is 0 Å². The summed E-state index contributed by atoms with van der Waals surface area (Å²) in [7, 11) is 1.96.